The normalized spacial score (nSPS) is 13.7. The minimum Gasteiger partial charge on any atom is -0.371 e. The second-order valence-electron chi connectivity index (χ2n) is 7.23. The van der Waals surface area contributed by atoms with Gasteiger partial charge in [0.1, 0.15) is 0 Å². The first-order valence-corrected chi connectivity index (χ1v) is 11.4. The molecule has 1 aliphatic rings. The van der Waals surface area contributed by atoms with E-state index in [2.05, 4.69) is 39.2 Å². The topological polar surface area (TPSA) is 78.5 Å². The third-order valence-electron chi connectivity index (χ3n) is 4.88. The van der Waals surface area contributed by atoms with Crippen LogP contribution >= 0.6 is 0 Å². The highest BCUT2D eigenvalue weighted by atomic mass is 32.2. The van der Waals surface area contributed by atoms with Crippen molar-refractivity contribution < 1.29 is 13.2 Å². The molecule has 2 aromatic carbocycles. The molecule has 3 rings (SSSR count). The lowest BCUT2D eigenvalue weighted by molar-refractivity contribution is 0.0953. The van der Waals surface area contributed by atoms with Gasteiger partial charge in [0, 0.05) is 30.9 Å². The SMILES string of the molecule is Cc1cc(C(=O)NCCCN2CCCc3ccccc32)ccc1NS(C)(=O)=O. The maximum Gasteiger partial charge on any atom is 0.251 e. The number of rotatable bonds is 7. The molecule has 0 saturated carbocycles. The van der Waals surface area contributed by atoms with E-state index >= 15 is 0 Å². The number of carbonyl (C=O) groups excluding carboxylic acids is 1. The van der Waals surface area contributed by atoms with Crippen molar-refractivity contribution in [2.45, 2.75) is 26.2 Å². The number of aryl methyl sites for hydroxylation is 2. The molecule has 0 fully saturated rings. The van der Waals surface area contributed by atoms with Crippen molar-refractivity contribution in [3.63, 3.8) is 0 Å². The lowest BCUT2D eigenvalue weighted by atomic mass is 10.0. The molecule has 0 aromatic heterocycles. The van der Waals surface area contributed by atoms with Gasteiger partial charge in [0.25, 0.3) is 5.91 Å². The summed E-state index contributed by atoms with van der Waals surface area (Å²) in [4.78, 5) is 14.8. The highest BCUT2D eigenvalue weighted by Crippen LogP contribution is 2.26. The summed E-state index contributed by atoms with van der Waals surface area (Å²) in [6, 6.07) is 13.5. The molecule has 6 nitrogen and oxygen atoms in total. The van der Waals surface area contributed by atoms with E-state index in [0.717, 1.165) is 38.6 Å². The fourth-order valence-corrected chi connectivity index (χ4v) is 4.17. The van der Waals surface area contributed by atoms with Crippen molar-refractivity contribution in [2.24, 2.45) is 0 Å². The van der Waals surface area contributed by atoms with Crippen molar-refractivity contribution in [3.8, 4) is 0 Å². The zero-order valence-electron chi connectivity index (χ0n) is 16.4. The predicted octanol–water partition coefficient (Wildman–Crippen LogP) is 2.94. The quantitative estimate of drug-likeness (QED) is 0.699. The number of para-hydroxylation sites is 1. The van der Waals surface area contributed by atoms with E-state index in [1.807, 2.05) is 0 Å². The van der Waals surface area contributed by atoms with Crippen LogP contribution < -0.4 is 14.9 Å². The number of hydrogen-bond donors (Lipinski definition) is 2. The van der Waals surface area contributed by atoms with E-state index in [-0.39, 0.29) is 5.91 Å². The van der Waals surface area contributed by atoms with Gasteiger partial charge in [-0.1, -0.05) is 18.2 Å². The highest BCUT2D eigenvalue weighted by molar-refractivity contribution is 7.92. The van der Waals surface area contributed by atoms with Crippen molar-refractivity contribution in [3.05, 3.63) is 59.2 Å². The van der Waals surface area contributed by atoms with E-state index < -0.39 is 10.0 Å². The first kappa shape index (κ1) is 20.2. The lowest BCUT2D eigenvalue weighted by Crippen LogP contribution is -2.33. The lowest BCUT2D eigenvalue weighted by Gasteiger charge is -2.31. The molecule has 0 atom stereocenters. The number of hydrogen-bond acceptors (Lipinski definition) is 4. The molecular formula is C21H27N3O3S. The number of anilines is 2. The van der Waals surface area contributed by atoms with E-state index in [4.69, 9.17) is 0 Å². The Morgan fingerprint density at radius 1 is 1.18 bits per heavy atom. The molecule has 150 valence electrons. The van der Waals surface area contributed by atoms with Gasteiger partial charge in [-0.15, -0.1) is 0 Å². The van der Waals surface area contributed by atoms with Crippen molar-refractivity contribution in [2.75, 3.05) is 35.5 Å². The fraction of sp³-hybridized carbons (Fsp3) is 0.381. The number of sulfonamides is 1. The summed E-state index contributed by atoms with van der Waals surface area (Å²) in [6.07, 6.45) is 4.27. The van der Waals surface area contributed by atoms with Crippen LogP contribution in [0.5, 0.6) is 0 Å². The Hall–Kier alpha value is -2.54. The first-order valence-electron chi connectivity index (χ1n) is 9.53. The molecule has 0 unspecified atom stereocenters. The standard InChI is InChI=1S/C21H27N3O3S/c1-16-15-18(10-11-19(16)23-28(2,26)27)21(25)22-12-6-14-24-13-5-8-17-7-3-4-9-20(17)24/h3-4,7,9-11,15,23H,5-6,8,12-14H2,1-2H3,(H,22,25). The summed E-state index contributed by atoms with van der Waals surface area (Å²) >= 11 is 0. The Balaban J connectivity index is 1.51. The van der Waals surface area contributed by atoms with Gasteiger partial charge in [-0.25, -0.2) is 8.42 Å². The Kier molecular flexibility index (Phi) is 6.24. The summed E-state index contributed by atoms with van der Waals surface area (Å²) in [5.74, 6) is -0.145. The third kappa shape index (κ3) is 5.25. The van der Waals surface area contributed by atoms with Crippen LogP contribution in [-0.4, -0.2) is 40.2 Å². The number of fused-ring (bicyclic) bond motifs is 1. The Morgan fingerprint density at radius 3 is 2.71 bits per heavy atom. The van der Waals surface area contributed by atoms with Gasteiger partial charge in [-0.05, 0) is 61.6 Å². The summed E-state index contributed by atoms with van der Waals surface area (Å²) in [6.45, 7) is 4.34. The smallest absolute Gasteiger partial charge is 0.251 e. The summed E-state index contributed by atoms with van der Waals surface area (Å²) < 4.78 is 25.2. The molecular weight excluding hydrogens is 374 g/mol. The summed E-state index contributed by atoms with van der Waals surface area (Å²) in [5.41, 5.74) is 4.44. The van der Waals surface area contributed by atoms with E-state index in [9.17, 15) is 13.2 Å². The highest BCUT2D eigenvalue weighted by Gasteiger charge is 2.15. The molecule has 28 heavy (non-hydrogen) atoms. The number of carbonyl (C=O) groups is 1. The van der Waals surface area contributed by atoms with Crippen LogP contribution in [0.4, 0.5) is 11.4 Å². The van der Waals surface area contributed by atoms with Crippen LogP contribution in [0.25, 0.3) is 0 Å². The van der Waals surface area contributed by atoms with Crippen LogP contribution in [0, 0.1) is 6.92 Å². The van der Waals surface area contributed by atoms with E-state index in [1.165, 1.54) is 11.3 Å². The third-order valence-corrected chi connectivity index (χ3v) is 5.47. The molecule has 1 aliphatic heterocycles. The minimum atomic E-state index is -3.34. The fourth-order valence-electron chi connectivity index (χ4n) is 3.54. The van der Waals surface area contributed by atoms with Crippen LogP contribution in [0.3, 0.4) is 0 Å². The zero-order valence-corrected chi connectivity index (χ0v) is 17.2. The number of nitrogens with one attached hydrogen (secondary N) is 2. The molecule has 2 aromatic rings. The molecule has 0 radical (unpaired) electrons. The van der Waals surface area contributed by atoms with Crippen molar-refractivity contribution >= 4 is 27.3 Å². The van der Waals surface area contributed by atoms with Gasteiger partial charge < -0.3 is 10.2 Å². The number of nitrogens with zero attached hydrogens (tertiary/aromatic N) is 1. The second-order valence-corrected chi connectivity index (χ2v) is 8.98. The summed E-state index contributed by atoms with van der Waals surface area (Å²) in [5, 5.41) is 2.95. The Labute approximate surface area is 167 Å². The summed E-state index contributed by atoms with van der Waals surface area (Å²) in [7, 11) is -3.34. The van der Waals surface area contributed by atoms with Gasteiger partial charge >= 0.3 is 0 Å². The van der Waals surface area contributed by atoms with Gasteiger partial charge in [0.2, 0.25) is 10.0 Å². The molecule has 0 spiro atoms. The molecule has 1 heterocycles. The van der Waals surface area contributed by atoms with Crippen molar-refractivity contribution in [1.29, 1.82) is 0 Å². The van der Waals surface area contributed by atoms with Crippen molar-refractivity contribution in [1.82, 2.24) is 5.32 Å². The monoisotopic (exact) mass is 401 g/mol. The van der Waals surface area contributed by atoms with Crippen LogP contribution in [0.15, 0.2) is 42.5 Å². The molecule has 0 saturated heterocycles. The molecule has 0 bridgehead atoms. The van der Waals surface area contributed by atoms with Crippen LogP contribution in [-0.2, 0) is 16.4 Å². The molecule has 2 N–H and O–H groups in total. The minimum absolute atomic E-state index is 0.145. The second kappa shape index (κ2) is 8.65. The maximum absolute atomic E-state index is 12.4. The Bertz CT molecular complexity index is 957. The zero-order chi connectivity index (χ0) is 20.1. The van der Waals surface area contributed by atoms with Gasteiger partial charge in [-0.3, -0.25) is 9.52 Å². The van der Waals surface area contributed by atoms with Gasteiger partial charge in [0.05, 0.1) is 11.9 Å². The maximum atomic E-state index is 12.4. The van der Waals surface area contributed by atoms with Gasteiger partial charge in [-0.2, -0.15) is 0 Å². The van der Waals surface area contributed by atoms with E-state index in [1.54, 1.807) is 25.1 Å². The number of benzene rings is 2. The van der Waals surface area contributed by atoms with Gasteiger partial charge in [0.15, 0.2) is 0 Å². The largest absolute Gasteiger partial charge is 0.371 e. The molecule has 7 heteroatoms. The van der Waals surface area contributed by atoms with E-state index in [0.29, 0.717) is 23.4 Å². The average Bonchev–Trinajstić information content (AvgIpc) is 2.65. The van der Waals surface area contributed by atoms with Crippen LogP contribution in [0.2, 0.25) is 0 Å². The number of amides is 1. The predicted molar refractivity (Wildman–Crippen MR) is 114 cm³/mol. The molecule has 1 amide bonds. The van der Waals surface area contributed by atoms with Crippen LogP contribution in [0.1, 0.15) is 34.3 Å². The Morgan fingerprint density at radius 2 is 1.96 bits per heavy atom. The first-order chi connectivity index (χ1) is 13.3. The molecule has 0 aliphatic carbocycles. The average molecular weight is 402 g/mol.